The van der Waals surface area contributed by atoms with Crippen LogP contribution in [0, 0.1) is 0 Å². The summed E-state index contributed by atoms with van der Waals surface area (Å²) in [6.07, 6.45) is 4.10. The molecule has 0 bridgehead atoms. The monoisotopic (exact) mass is 239 g/mol. The molecule has 0 saturated carbocycles. The van der Waals surface area contributed by atoms with Crippen LogP contribution in [0.1, 0.15) is 37.5 Å². The molecule has 1 unspecified atom stereocenters. The van der Waals surface area contributed by atoms with Crippen molar-refractivity contribution in [3.63, 3.8) is 0 Å². The summed E-state index contributed by atoms with van der Waals surface area (Å²) in [6.45, 7) is 5.56. The Morgan fingerprint density at radius 3 is 3.00 bits per heavy atom. The molecular formula is C13H21NOS. The van der Waals surface area contributed by atoms with E-state index in [0.29, 0.717) is 0 Å². The zero-order chi connectivity index (χ0) is 11.4. The van der Waals surface area contributed by atoms with Gasteiger partial charge < -0.3 is 10.0 Å². The van der Waals surface area contributed by atoms with Gasteiger partial charge in [-0.15, -0.1) is 11.3 Å². The molecule has 1 N–H and O–H groups in total. The van der Waals surface area contributed by atoms with Gasteiger partial charge in [-0.1, -0.05) is 13.0 Å². The molecule has 2 heterocycles. The van der Waals surface area contributed by atoms with Crippen LogP contribution >= 0.6 is 11.3 Å². The van der Waals surface area contributed by atoms with E-state index in [1.165, 1.54) is 13.0 Å². The lowest BCUT2D eigenvalue weighted by Crippen LogP contribution is -2.29. The Morgan fingerprint density at radius 1 is 1.44 bits per heavy atom. The maximum atomic E-state index is 10.7. The lowest BCUT2D eigenvalue weighted by atomic mass is 9.93. The molecule has 1 aliphatic rings. The SMILES string of the molecule is CCCN1CCCC(O)(c2cccs2)CC1. The molecule has 0 aliphatic carbocycles. The molecule has 1 aromatic rings. The van der Waals surface area contributed by atoms with E-state index in [0.717, 1.165) is 37.2 Å². The molecule has 2 nitrogen and oxygen atoms in total. The second-order valence-corrected chi connectivity index (χ2v) is 5.65. The Bertz CT molecular complexity index is 312. The van der Waals surface area contributed by atoms with E-state index < -0.39 is 5.60 Å². The number of likely N-dealkylation sites (tertiary alicyclic amines) is 1. The number of nitrogens with zero attached hydrogens (tertiary/aromatic N) is 1. The minimum Gasteiger partial charge on any atom is -0.384 e. The zero-order valence-electron chi connectivity index (χ0n) is 9.98. The van der Waals surface area contributed by atoms with Crippen molar-refractivity contribution in [1.29, 1.82) is 0 Å². The first-order valence-electron chi connectivity index (χ1n) is 6.23. The quantitative estimate of drug-likeness (QED) is 0.876. The molecular weight excluding hydrogens is 218 g/mol. The Morgan fingerprint density at radius 2 is 2.31 bits per heavy atom. The van der Waals surface area contributed by atoms with E-state index in [-0.39, 0.29) is 0 Å². The molecule has 1 saturated heterocycles. The van der Waals surface area contributed by atoms with Crippen LogP contribution in [0.5, 0.6) is 0 Å². The van der Waals surface area contributed by atoms with Gasteiger partial charge in [0.1, 0.15) is 0 Å². The topological polar surface area (TPSA) is 23.5 Å². The second kappa shape index (κ2) is 5.30. The summed E-state index contributed by atoms with van der Waals surface area (Å²) in [5.74, 6) is 0. The van der Waals surface area contributed by atoms with Gasteiger partial charge in [-0.25, -0.2) is 0 Å². The van der Waals surface area contributed by atoms with Gasteiger partial charge in [-0.2, -0.15) is 0 Å². The second-order valence-electron chi connectivity index (χ2n) is 4.70. The van der Waals surface area contributed by atoms with Crippen molar-refractivity contribution in [3.05, 3.63) is 22.4 Å². The van der Waals surface area contributed by atoms with Crippen molar-refractivity contribution >= 4 is 11.3 Å². The van der Waals surface area contributed by atoms with Gasteiger partial charge in [0.15, 0.2) is 0 Å². The fourth-order valence-electron chi connectivity index (χ4n) is 2.50. The van der Waals surface area contributed by atoms with Crippen molar-refractivity contribution in [1.82, 2.24) is 4.90 Å². The summed E-state index contributed by atoms with van der Waals surface area (Å²) in [5.41, 5.74) is -0.559. The maximum Gasteiger partial charge on any atom is 0.1000 e. The van der Waals surface area contributed by atoms with Crippen LogP contribution in [0.3, 0.4) is 0 Å². The molecule has 90 valence electrons. The normalized spacial score (nSPS) is 27.9. The van der Waals surface area contributed by atoms with E-state index >= 15 is 0 Å². The van der Waals surface area contributed by atoms with Crippen LogP contribution in [0.4, 0.5) is 0 Å². The molecule has 3 heteroatoms. The van der Waals surface area contributed by atoms with E-state index in [1.54, 1.807) is 11.3 Å². The van der Waals surface area contributed by atoms with Crippen molar-refractivity contribution in [2.45, 2.75) is 38.2 Å². The van der Waals surface area contributed by atoms with Crippen molar-refractivity contribution < 1.29 is 5.11 Å². The summed E-state index contributed by atoms with van der Waals surface area (Å²) in [4.78, 5) is 3.62. The predicted molar refractivity (Wildman–Crippen MR) is 68.8 cm³/mol. The summed E-state index contributed by atoms with van der Waals surface area (Å²) < 4.78 is 0. The highest BCUT2D eigenvalue weighted by atomic mass is 32.1. The molecule has 2 rings (SSSR count). The highest BCUT2D eigenvalue weighted by Gasteiger charge is 2.32. The number of rotatable bonds is 3. The molecule has 0 radical (unpaired) electrons. The minimum absolute atomic E-state index is 0.559. The number of aliphatic hydroxyl groups is 1. The maximum absolute atomic E-state index is 10.7. The lowest BCUT2D eigenvalue weighted by Gasteiger charge is -2.25. The third kappa shape index (κ3) is 2.65. The average molecular weight is 239 g/mol. The van der Waals surface area contributed by atoms with E-state index in [4.69, 9.17) is 0 Å². The van der Waals surface area contributed by atoms with E-state index in [9.17, 15) is 5.11 Å². The Kier molecular flexibility index (Phi) is 4.00. The van der Waals surface area contributed by atoms with Gasteiger partial charge in [0.2, 0.25) is 0 Å². The zero-order valence-corrected chi connectivity index (χ0v) is 10.8. The van der Waals surface area contributed by atoms with Crippen LogP contribution in [-0.4, -0.2) is 29.6 Å². The largest absolute Gasteiger partial charge is 0.384 e. The summed E-state index contributed by atoms with van der Waals surface area (Å²) >= 11 is 1.68. The van der Waals surface area contributed by atoms with Crippen LogP contribution in [0.2, 0.25) is 0 Å². The summed E-state index contributed by atoms with van der Waals surface area (Å²) in [5, 5.41) is 12.7. The van der Waals surface area contributed by atoms with Gasteiger partial charge in [0, 0.05) is 11.4 Å². The van der Waals surface area contributed by atoms with Crippen molar-refractivity contribution in [2.24, 2.45) is 0 Å². The van der Waals surface area contributed by atoms with Crippen LogP contribution in [-0.2, 0) is 5.60 Å². The lowest BCUT2D eigenvalue weighted by molar-refractivity contribution is 0.0249. The Labute approximate surface area is 102 Å². The Hall–Kier alpha value is -0.380. The fourth-order valence-corrected chi connectivity index (χ4v) is 3.39. The molecule has 16 heavy (non-hydrogen) atoms. The molecule has 0 amide bonds. The van der Waals surface area contributed by atoms with Gasteiger partial charge >= 0.3 is 0 Å². The highest BCUT2D eigenvalue weighted by Crippen LogP contribution is 2.35. The van der Waals surface area contributed by atoms with Crippen molar-refractivity contribution in [3.8, 4) is 0 Å². The van der Waals surface area contributed by atoms with Crippen LogP contribution in [0.25, 0.3) is 0 Å². The van der Waals surface area contributed by atoms with Crippen molar-refractivity contribution in [2.75, 3.05) is 19.6 Å². The molecule has 0 aromatic carbocycles. The van der Waals surface area contributed by atoms with E-state index in [1.807, 2.05) is 6.07 Å². The number of hydrogen-bond donors (Lipinski definition) is 1. The van der Waals surface area contributed by atoms with Gasteiger partial charge in [0.05, 0.1) is 5.60 Å². The van der Waals surface area contributed by atoms with Gasteiger partial charge in [-0.05, 0) is 50.2 Å². The third-order valence-electron chi connectivity index (χ3n) is 3.43. The first-order chi connectivity index (χ1) is 7.74. The summed E-state index contributed by atoms with van der Waals surface area (Å²) in [6, 6.07) is 4.10. The third-order valence-corrected chi connectivity index (χ3v) is 4.49. The first-order valence-corrected chi connectivity index (χ1v) is 7.11. The average Bonchev–Trinajstić information content (AvgIpc) is 2.74. The molecule has 1 aromatic heterocycles. The number of thiophene rings is 1. The smallest absolute Gasteiger partial charge is 0.1000 e. The minimum atomic E-state index is -0.559. The standard InChI is InChI=1S/C13H21NOS/c1-2-8-14-9-4-6-13(15,7-10-14)12-5-3-11-16-12/h3,5,11,15H,2,4,6-10H2,1H3. The molecule has 1 atom stereocenters. The summed E-state index contributed by atoms with van der Waals surface area (Å²) in [7, 11) is 0. The highest BCUT2D eigenvalue weighted by molar-refractivity contribution is 7.10. The molecule has 1 fully saturated rings. The molecule has 0 spiro atoms. The Balaban J connectivity index is 2.02. The molecule has 1 aliphatic heterocycles. The van der Waals surface area contributed by atoms with Gasteiger partial charge in [-0.3, -0.25) is 0 Å². The number of hydrogen-bond acceptors (Lipinski definition) is 3. The van der Waals surface area contributed by atoms with E-state index in [2.05, 4.69) is 23.3 Å². The predicted octanol–water partition coefficient (Wildman–Crippen LogP) is 2.83. The fraction of sp³-hybridized carbons (Fsp3) is 0.692. The van der Waals surface area contributed by atoms with Crippen LogP contribution in [0.15, 0.2) is 17.5 Å². The van der Waals surface area contributed by atoms with Crippen LogP contribution < -0.4 is 0 Å². The van der Waals surface area contributed by atoms with Gasteiger partial charge in [0.25, 0.3) is 0 Å². The first kappa shape index (κ1) is 12.1.